The second-order valence-corrected chi connectivity index (χ2v) is 7.59. The van der Waals surface area contributed by atoms with Crippen LogP contribution in [-0.2, 0) is 13.2 Å². The van der Waals surface area contributed by atoms with Gasteiger partial charge in [-0.2, -0.15) is 0 Å². The smallest absolute Gasteiger partial charge is 0.180 e. The molecular formula is C24H25Cl2NO3. The third-order valence-corrected chi connectivity index (χ3v) is 5.20. The summed E-state index contributed by atoms with van der Waals surface area (Å²) in [6.07, 6.45) is -0.578. The van der Waals surface area contributed by atoms with Crippen LogP contribution in [0.3, 0.4) is 0 Å². The van der Waals surface area contributed by atoms with Gasteiger partial charge in [-0.05, 0) is 36.2 Å². The van der Waals surface area contributed by atoms with E-state index in [2.05, 4.69) is 5.32 Å². The van der Waals surface area contributed by atoms with Gasteiger partial charge in [0, 0.05) is 23.7 Å². The molecule has 0 saturated carbocycles. The molecule has 0 saturated heterocycles. The minimum absolute atomic E-state index is 0.292. The van der Waals surface area contributed by atoms with Crippen LogP contribution in [0.2, 0.25) is 10.0 Å². The first kappa shape index (κ1) is 22.4. The van der Waals surface area contributed by atoms with Crippen LogP contribution in [0.4, 0.5) is 0 Å². The van der Waals surface area contributed by atoms with Crippen LogP contribution in [0.1, 0.15) is 29.7 Å². The minimum Gasteiger partial charge on any atom is -0.490 e. The van der Waals surface area contributed by atoms with Crippen LogP contribution in [0.15, 0.2) is 66.7 Å². The second-order valence-electron chi connectivity index (χ2n) is 6.78. The highest BCUT2D eigenvalue weighted by molar-refractivity contribution is 6.32. The Balaban J connectivity index is 1.65. The molecule has 2 N–H and O–H groups in total. The highest BCUT2D eigenvalue weighted by atomic mass is 35.5. The number of aliphatic hydroxyl groups excluding tert-OH is 1. The maximum Gasteiger partial charge on any atom is 0.180 e. The number of hydrogen-bond acceptors (Lipinski definition) is 4. The van der Waals surface area contributed by atoms with Gasteiger partial charge in [-0.3, -0.25) is 0 Å². The highest BCUT2D eigenvalue weighted by Crippen LogP contribution is 2.37. The van der Waals surface area contributed by atoms with Gasteiger partial charge in [-0.15, -0.1) is 0 Å². The predicted octanol–water partition coefficient (Wildman–Crippen LogP) is 5.79. The summed E-state index contributed by atoms with van der Waals surface area (Å²) in [7, 11) is 0. The van der Waals surface area contributed by atoms with Gasteiger partial charge in [0.1, 0.15) is 6.61 Å². The zero-order valence-electron chi connectivity index (χ0n) is 16.8. The van der Waals surface area contributed by atoms with Crippen molar-refractivity contribution in [1.29, 1.82) is 0 Å². The molecule has 0 spiro atoms. The molecule has 0 fully saturated rings. The largest absolute Gasteiger partial charge is 0.490 e. The lowest BCUT2D eigenvalue weighted by Gasteiger charge is -2.17. The molecule has 0 heterocycles. The van der Waals surface area contributed by atoms with E-state index >= 15 is 0 Å². The number of benzene rings is 3. The summed E-state index contributed by atoms with van der Waals surface area (Å²) in [4.78, 5) is 0. The van der Waals surface area contributed by atoms with Crippen molar-refractivity contribution >= 4 is 23.2 Å². The molecule has 3 aromatic carbocycles. The molecule has 3 aromatic rings. The van der Waals surface area contributed by atoms with Gasteiger partial charge in [-0.1, -0.05) is 71.7 Å². The first-order valence-electron chi connectivity index (χ1n) is 9.83. The Labute approximate surface area is 187 Å². The van der Waals surface area contributed by atoms with Gasteiger partial charge in [0.05, 0.1) is 17.7 Å². The standard InChI is InChI=1S/C24H25Cl2NO3/c1-2-29-23-13-17(14-27-15-22(28)18-8-4-3-5-9-18)12-21(26)24(23)30-16-19-10-6-7-11-20(19)25/h3-13,22,27-28H,2,14-16H2,1H3/t22-/m0/s1. The summed E-state index contributed by atoms with van der Waals surface area (Å²) in [5.41, 5.74) is 2.69. The fourth-order valence-corrected chi connectivity index (χ4v) is 3.52. The molecule has 0 aliphatic heterocycles. The van der Waals surface area contributed by atoms with Crippen molar-refractivity contribution in [3.8, 4) is 11.5 Å². The van der Waals surface area contributed by atoms with Crippen molar-refractivity contribution in [2.75, 3.05) is 13.2 Å². The van der Waals surface area contributed by atoms with Crippen molar-refractivity contribution in [3.63, 3.8) is 0 Å². The van der Waals surface area contributed by atoms with E-state index in [-0.39, 0.29) is 0 Å². The van der Waals surface area contributed by atoms with E-state index < -0.39 is 6.10 Å². The van der Waals surface area contributed by atoms with E-state index in [4.69, 9.17) is 32.7 Å². The lowest BCUT2D eigenvalue weighted by Crippen LogP contribution is -2.21. The SMILES string of the molecule is CCOc1cc(CNC[C@H](O)c2ccccc2)cc(Cl)c1OCc1ccccc1Cl. The normalized spacial score (nSPS) is 11.9. The molecule has 0 aromatic heterocycles. The van der Waals surface area contributed by atoms with Gasteiger partial charge in [-0.25, -0.2) is 0 Å². The number of aliphatic hydroxyl groups is 1. The van der Waals surface area contributed by atoms with E-state index in [1.165, 1.54) is 0 Å². The van der Waals surface area contributed by atoms with Crippen molar-refractivity contribution in [1.82, 2.24) is 5.32 Å². The Kier molecular flexibility index (Phi) is 8.40. The summed E-state index contributed by atoms with van der Waals surface area (Å²) >= 11 is 12.7. The van der Waals surface area contributed by atoms with Gasteiger partial charge in [0.15, 0.2) is 11.5 Å². The zero-order valence-corrected chi connectivity index (χ0v) is 18.3. The Hall–Kier alpha value is -2.24. The summed E-state index contributed by atoms with van der Waals surface area (Å²) in [5.74, 6) is 1.07. The van der Waals surface area contributed by atoms with Crippen molar-refractivity contribution in [3.05, 3.63) is 93.5 Å². The quantitative estimate of drug-likeness (QED) is 0.414. The van der Waals surface area contributed by atoms with Gasteiger partial charge in [0.25, 0.3) is 0 Å². The van der Waals surface area contributed by atoms with E-state index in [1.54, 1.807) is 0 Å². The second kappa shape index (κ2) is 11.2. The van der Waals surface area contributed by atoms with Gasteiger partial charge >= 0.3 is 0 Å². The topological polar surface area (TPSA) is 50.7 Å². The molecule has 0 aliphatic rings. The fourth-order valence-electron chi connectivity index (χ4n) is 3.04. The monoisotopic (exact) mass is 445 g/mol. The summed E-state index contributed by atoms with van der Waals surface area (Å²) < 4.78 is 11.7. The van der Waals surface area contributed by atoms with E-state index in [0.29, 0.717) is 47.8 Å². The zero-order chi connectivity index (χ0) is 21.3. The maximum atomic E-state index is 10.3. The number of nitrogens with one attached hydrogen (secondary N) is 1. The molecule has 0 aliphatic carbocycles. The Morgan fingerprint density at radius 1 is 0.933 bits per heavy atom. The lowest BCUT2D eigenvalue weighted by molar-refractivity contribution is 0.174. The summed E-state index contributed by atoms with van der Waals surface area (Å²) in [6, 6.07) is 20.8. The van der Waals surface area contributed by atoms with Crippen LogP contribution < -0.4 is 14.8 Å². The predicted molar refractivity (Wildman–Crippen MR) is 122 cm³/mol. The summed E-state index contributed by atoms with van der Waals surface area (Å²) in [5, 5.41) is 14.7. The average Bonchev–Trinajstić information content (AvgIpc) is 2.75. The van der Waals surface area contributed by atoms with Crippen molar-refractivity contribution < 1.29 is 14.6 Å². The molecule has 0 bridgehead atoms. The third-order valence-electron chi connectivity index (χ3n) is 4.55. The maximum absolute atomic E-state index is 10.3. The molecule has 0 radical (unpaired) electrons. The molecule has 6 heteroatoms. The first-order valence-corrected chi connectivity index (χ1v) is 10.6. The average molecular weight is 446 g/mol. The van der Waals surface area contributed by atoms with E-state index in [9.17, 15) is 5.11 Å². The van der Waals surface area contributed by atoms with Crippen LogP contribution in [0.5, 0.6) is 11.5 Å². The van der Waals surface area contributed by atoms with Crippen molar-refractivity contribution in [2.45, 2.75) is 26.2 Å². The molecule has 0 amide bonds. The van der Waals surface area contributed by atoms with E-state index in [1.807, 2.05) is 73.7 Å². The molecule has 0 unspecified atom stereocenters. The Morgan fingerprint density at radius 3 is 2.40 bits per heavy atom. The minimum atomic E-state index is -0.578. The van der Waals surface area contributed by atoms with Crippen LogP contribution in [0.25, 0.3) is 0 Å². The van der Waals surface area contributed by atoms with Crippen LogP contribution >= 0.6 is 23.2 Å². The molecule has 1 atom stereocenters. The third kappa shape index (κ3) is 6.13. The van der Waals surface area contributed by atoms with Crippen LogP contribution in [0, 0.1) is 0 Å². The fraction of sp³-hybridized carbons (Fsp3) is 0.250. The molecule has 30 heavy (non-hydrogen) atoms. The number of rotatable bonds is 10. The van der Waals surface area contributed by atoms with Crippen LogP contribution in [-0.4, -0.2) is 18.3 Å². The van der Waals surface area contributed by atoms with Gasteiger partial charge < -0.3 is 19.9 Å². The van der Waals surface area contributed by atoms with Gasteiger partial charge in [0.2, 0.25) is 0 Å². The Morgan fingerprint density at radius 2 is 1.67 bits per heavy atom. The lowest BCUT2D eigenvalue weighted by atomic mass is 10.1. The summed E-state index contributed by atoms with van der Waals surface area (Å²) in [6.45, 7) is 3.65. The number of halogens is 2. The molecule has 3 rings (SSSR count). The highest BCUT2D eigenvalue weighted by Gasteiger charge is 2.14. The Bertz CT molecular complexity index is 950. The molecule has 4 nitrogen and oxygen atoms in total. The molecule has 158 valence electrons. The van der Waals surface area contributed by atoms with E-state index in [0.717, 1.165) is 16.7 Å². The number of ether oxygens (including phenoxy) is 2. The van der Waals surface area contributed by atoms with Crippen molar-refractivity contribution in [2.24, 2.45) is 0 Å². The molecular weight excluding hydrogens is 421 g/mol. The number of hydrogen-bond donors (Lipinski definition) is 2. The first-order chi connectivity index (χ1) is 14.6.